The van der Waals surface area contributed by atoms with E-state index in [1.807, 2.05) is 0 Å². The van der Waals surface area contributed by atoms with E-state index in [4.69, 9.17) is 4.74 Å². The largest absolute Gasteiger partial charge is 0.496 e. The quantitative estimate of drug-likeness (QED) is 0.738. The number of rotatable bonds is 3. The van der Waals surface area contributed by atoms with Crippen LogP contribution < -0.4 is 4.74 Å². The zero-order valence-corrected chi connectivity index (χ0v) is 12.3. The van der Waals surface area contributed by atoms with Gasteiger partial charge in [0.05, 0.1) is 7.11 Å². The maximum absolute atomic E-state index is 5.60. The van der Waals surface area contributed by atoms with Crippen LogP contribution in [0.1, 0.15) is 64.2 Å². The van der Waals surface area contributed by atoms with Crippen molar-refractivity contribution in [3.8, 4) is 5.75 Å². The summed E-state index contributed by atoms with van der Waals surface area (Å²) in [4.78, 5) is 0. The Morgan fingerprint density at radius 1 is 1.18 bits per heavy atom. The highest BCUT2D eigenvalue weighted by Crippen LogP contribution is 2.35. The molecule has 96 valence electrons. The van der Waals surface area contributed by atoms with Crippen LogP contribution in [-0.2, 0) is 11.8 Å². The SMILES string of the molecule is CCc1cc(C(C)(C)C)cc(C(C)C)c1OC. The second-order valence-corrected chi connectivity index (χ2v) is 6.02. The average molecular weight is 234 g/mol. The predicted octanol–water partition coefficient (Wildman–Crippen LogP) is 4.68. The lowest BCUT2D eigenvalue weighted by Crippen LogP contribution is -2.13. The molecule has 1 nitrogen and oxygen atoms in total. The number of aryl methyl sites for hydroxylation is 1. The van der Waals surface area contributed by atoms with Gasteiger partial charge in [-0.25, -0.2) is 0 Å². The third-order valence-corrected chi connectivity index (χ3v) is 3.27. The van der Waals surface area contributed by atoms with E-state index in [0.29, 0.717) is 5.92 Å². The Morgan fingerprint density at radius 2 is 1.76 bits per heavy atom. The van der Waals surface area contributed by atoms with Gasteiger partial charge < -0.3 is 4.74 Å². The van der Waals surface area contributed by atoms with Crippen LogP contribution in [0.15, 0.2) is 12.1 Å². The van der Waals surface area contributed by atoms with Gasteiger partial charge in [0, 0.05) is 0 Å². The van der Waals surface area contributed by atoms with Gasteiger partial charge in [0.2, 0.25) is 0 Å². The van der Waals surface area contributed by atoms with Crippen molar-refractivity contribution in [3.63, 3.8) is 0 Å². The van der Waals surface area contributed by atoms with Gasteiger partial charge in [-0.2, -0.15) is 0 Å². The van der Waals surface area contributed by atoms with E-state index in [9.17, 15) is 0 Å². The third kappa shape index (κ3) is 3.02. The highest BCUT2D eigenvalue weighted by Gasteiger charge is 2.19. The van der Waals surface area contributed by atoms with Crippen molar-refractivity contribution < 1.29 is 4.74 Å². The summed E-state index contributed by atoms with van der Waals surface area (Å²) in [6.45, 7) is 13.4. The fourth-order valence-corrected chi connectivity index (χ4v) is 2.09. The van der Waals surface area contributed by atoms with Crippen molar-refractivity contribution in [3.05, 3.63) is 28.8 Å². The first kappa shape index (κ1) is 14.1. The van der Waals surface area contributed by atoms with Crippen LogP contribution in [0.5, 0.6) is 5.75 Å². The molecule has 1 aromatic rings. The van der Waals surface area contributed by atoms with E-state index in [-0.39, 0.29) is 5.41 Å². The first-order valence-electron chi connectivity index (χ1n) is 6.52. The fourth-order valence-electron chi connectivity index (χ4n) is 2.09. The molecule has 0 aliphatic carbocycles. The second-order valence-electron chi connectivity index (χ2n) is 6.02. The van der Waals surface area contributed by atoms with Crippen molar-refractivity contribution in [2.24, 2.45) is 0 Å². The van der Waals surface area contributed by atoms with Gasteiger partial charge >= 0.3 is 0 Å². The zero-order valence-electron chi connectivity index (χ0n) is 12.3. The lowest BCUT2D eigenvalue weighted by atomic mass is 9.83. The molecule has 0 bridgehead atoms. The predicted molar refractivity (Wildman–Crippen MR) is 75.2 cm³/mol. The number of hydrogen-bond donors (Lipinski definition) is 0. The summed E-state index contributed by atoms with van der Waals surface area (Å²) in [5.41, 5.74) is 4.25. The maximum atomic E-state index is 5.60. The molecule has 0 aliphatic rings. The van der Waals surface area contributed by atoms with Gasteiger partial charge in [-0.15, -0.1) is 0 Å². The minimum Gasteiger partial charge on any atom is -0.496 e. The van der Waals surface area contributed by atoms with Crippen molar-refractivity contribution in [2.75, 3.05) is 7.11 Å². The molecular weight excluding hydrogens is 208 g/mol. The zero-order chi connectivity index (χ0) is 13.2. The summed E-state index contributed by atoms with van der Waals surface area (Å²) in [5, 5.41) is 0. The average Bonchev–Trinajstić information content (AvgIpc) is 2.25. The summed E-state index contributed by atoms with van der Waals surface area (Å²) in [6, 6.07) is 4.60. The maximum Gasteiger partial charge on any atom is 0.125 e. The van der Waals surface area contributed by atoms with Gasteiger partial charge in [-0.05, 0) is 34.4 Å². The van der Waals surface area contributed by atoms with Gasteiger partial charge in [-0.3, -0.25) is 0 Å². The molecule has 1 heteroatoms. The number of ether oxygens (including phenoxy) is 1. The molecule has 0 atom stereocenters. The molecule has 17 heavy (non-hydrogen) atoms. The van der Waals surface area contributed by atoms with Crippen LogP contribution in [0.4, 0.5) is 0 Å². The molecule has 0 aromatic heterocycles. The smallest absolute Gasteiger partial charge is 0.125 e. The van der Waals surface area contributed by atoms with E-state index in [1.165, 1.54) is 16.7 Å². The van der Waals surface area contributed by atoms with Crippen LogP contribution in [-0.4, -0.2) is 7.11 Å². The lowest BCUT2D eigenvalue weighted by Gasteiger charge is -2.24. The lowest BCUT2D eigenvalue weighted by molar-refractivity contribution is 0.402. The summed E-state index contributed by atoms with van der Waals surface area (Å²) < 4.78 is 5.60. The fraction of sp³-hybridized carbons (Fsp3) is 0.625. The molecule has 0 fully saturated rings. The normalized spacial score (nSPS) is 12.0. The molecule has 0 saturated heterocycles. The molecule has 0 radical (unpaired) electrons. The second kappa shape index (κ2) is 5.12. The van der Waals surface area contributed by atoms with E-state index in [2.05, 4.69) is 53.7 Å². The highest BCUT2D eigenvalue weighted by molar-refractivity contribution is 5.48. The van der Waals surface area contributed by atoms with Crippen molar-refractivity contribution in [2.45, 2.75) is 59.3 Å². The summed E-state index contributed by atoms with van der Waals surface area (Å²) >= 11 is 0. The van der Waals surface area contributed by atoms with Gasteiger partial charge in [-0.1, -0.05) is 53.7 Å². The van der Waals surface area contributed by atoms with E-state index in [1.54, 1.807) is 7.11 Å². The van der Waals surface area contributed by atoms with Crippen molar-refractivity contribution >= 4 is 0 Å². The summed E-state index contributed by atoms with van der Waals surface area (Å²) in [6.07, 6.45) is 1.02. The molecular formula is C16H26O. The van der Waals surface area contributed by atoms with Crippen LogP contribution in [0.2, 0.25) is 0 Å². The van der Waals surface area contributed by atoms with E-state index < -0.39 is 0 Å². The molecule has 0 N–H and O–H groups in total. The molecule has 0 unspecified atom stereocenters. The van der Waals surface area contributed by atoms with E-state index in [0.717, 1.165) is 12.2 Å². The molecule has 0 spiro atoms. The first-order chi connectivity index (χ1) is 7.81. The minimum absolute atomic E-state index is 0.194. The number of methoxy groups -OCH3 is 1. The standard InChI is InChI=1S/C16H26O/c1-8-12-9-13(16(4,5)6)10-14(11(2)3)15(12)17-7/h9-11H,8H2,1-7H3. The molecule has 0 amide bonds. The van der Waals surface area contributed by atoms with Crippen LogP contribution in [0.25, 0.3) is 0 Å². The van der Waals surface area contributed by atoms with Crippen LogP contribution >= 0.6 is 0 Å². The van der Waals surface area contributed by atoms with E-state index >= 15 is 0 Å². The van der Waals surface area contributed by atoms with Crippen molar-refractivity contribution in [1.82, 2.24) is 0 Å². The van der Waals surface area contributed by atoms with Gasteiger partial charge in [0.1, 0.15) is 5.75 Å². The van der Waals surface area contributed by atoms with Crippen LogP contribution in [0, 0.1) is 0 Å². The Morgan fingerprint density at radius 3 is 2.12 bits per heavy atom. The topological polar surface area (TPSA) is 9.23 Å². The monoisotopic (exact) mass is 234 g/mol. The molecule has 0 aliphatic heterocycles. The summed E-state index contributed by atoms with van der Waals surface area (Å²) in [5.74, 6) is 1.58. The molecule has 0 saturated carbocycles. The Kier molecular flexibility index (Phi) is 4.24. The summed E-state index contributed by atoms with van der Waals surface area (Å²) in [7, 11) is 1.77. The number of benzene rings is 1. The Bertz CT molecular complexity index is 383. The molecule has 0 heterocycles. The molecule has 1 rings (SSSR count). The molecule has 1 aromatic carbocycles. The Labute approximate surface area is 106 Å². The van der Waals surface area contributed by atoms with Gasteiger partial charge in [0.25, 0.3) is 0 Å². The highest BCUT2D eigenvalue weighted by atomic mass is 16.5. The Balaban J connectivity index is 3.46. The van der Waals surface area contributed by atoms with Gasteiger partial charge in [0.15, 0.2) is 0 Å². The number of hydrogen-bond acceptors (Lipinski definition) is 1. The minimum atomic E-state index is 0.194. The Hall–Kier alpha value is -0.980. The van der Waals surface area contributed by atoms with Crippen LogP contribution in [0.3, 0.4) is 0 Å². The first-order valence-corrected chi connectivity index (χ1v) is 6.52. The third-order valence-electron chi connectivity index (χ3n) is 3.27. The van der Waals surface area contributed by atoms with Crippen molar-refractivity contribution in [1.29, 1.82) is 0 Å².